The molecule has 0 unspecified atom stereocenters. The van der Waals surface area contributed by atoms with Crippen LogP contribution in [0.1, 0.15) is 12.5 Å². The summed E-state index contributed by atoms with van der Waals surface area (Å²) in [5, 5.41) is 2.68. The zero-order chi connectivity index (χ0) is 19.1. The van der Waals surface area contributed by atoms with Gasteiger partial charge in [0, 0.05) is 25.5 Å². The van der Waals surface area contributed by atoms with E-state index in [1.54, 1.807) is 25.1 Å². The van der Waals surface area contributed by atoms with Crippen LogP contribution in [0, 0.1) is 6.92 Å². The minimum atomic E-state index is -0.802. The lowest BCUT2D eigenvalue weighted by molar-refractivity contribution is -0.153. The fraction of sp³-hybridized carbons (Fsp3) is 0.300. The summed E-state index contributed by atoms with van der Waals surface area (Å²) in [5.74, 6) is -0.414. The summed E-state index contributed by atoms with van der Waals surface area (Å²) in [7, 11) is 3.88. The van der Waals surface area contributed by atoms with E-state index in [1.165, 1.54) is 0 Å². The zero-order valence-electron chi connectivity index (χ0n) is 15.5. The average molecular weight is 356 g/mol. The van der Waals surface area contributed by atoms with Gasteiger partial charge in [0.25, 0.3) is 5.91 Å². The number of aryl methyl sites for hydroxylation is 1. The van der Waals surface area contributed by atoms with E-state index in [1.807, 2.05) is 56.3 Å². The third kappa shape index (κ3) is 5.81. The van der Waals surface area contributed by atoms with Crippen LogP contribution in [0.4, 0.5) is 11.4 Å². The predicted octanol–water partition coefficient (Wildman–Crippen LogP) is 3.01. The summed E-state index contributed by atoms with van der Waals surface area (Å²) in [6.07, 6.45) is -0.802. The second kappa shape index (κ2) is 8.89. The van der Waals surface area contributed by atoms with E-state index < -0.39 is 18.0 Å². The van der Waals surface area contributed by atoms with Crippen LogP contribution in [-0.2, 0) is 14.3 Å². The molecule has 0 aliphatic carbocycles. The Morgan fingerprint density at radius 3 is 2.42 bits per heavy atom. The van der Waals surface area contributed by atoms with Crippen molar-refractivity contribution in [1.29, 1.82) is 0 Å². The van der Waals surface area contributed by atoms with Crippen LogP contribution in [0.15, 0.2) is 48.5 Å². The summed E-state index contributed by atoms with van der Waals surface area (Å²) in [6.45, 7) is 3.16. The molecule has 0 aliphatic rings. The van der Waals surface area contributed by atoms with Gasteiger partial charge < -0.3 is 19.7 Å². The van der Waals surface area contributed by atoms with Crippen molar-refractivity contribution in [3.63, 3.8) is 0 Å². The first-order chi connectivity index (χ1) is 12.3. The molecule has 0 radical (unpaired) electrons. The maximum absolute atomic E-state index is 12.0. The quantitative estimate of drug-likeness (QED) is 0.773. The maximum Gasteiger partial charge on any atom is 0.347 e. The number of rotatable bonds is 7. The van der Waals surface area contributed by atoms with Gasteiger partial charge in [-0.15, -0.1) is 0 Å². The van der Waals surface area contributed by atoms with Crippen molar-refractivity contribution in [3.05, 3.63) is 54.1 Å². The fourth-order valence-corrected chi connectivity index (χ4v) is 2.23. The van der Waals surface area contributed by atoms with E-state index in [2.05, 4.69) is 5.32 Å². The van der Waals surface area contributed by atoms with Gasteiger partial charge in [0.15, 0.2) is 12.7 Å². The fourth-order valence-electron chi connectivity index (χ4n) is 2.23. The Balaban J connectivity index is 1.79. The van der Waals surface area contributed by atoms with Gasteiger partial charge in [-0.25, -0.2) is 4.79 Å². The number of nitrogens with zero attached hydrogens (tertiary/aromatic N) is 1. The molecule has 2 aromatic carbocycles. The number of carbonyl (C=O) groups excluding carboxylic acids is 2. The largest absolute Gasteiger partial charge is 0.479 e. The molecular weight excluding hydrogens is 332 g/mol. The maximum atomic E-state index is 12.0. The number of benzene rings is 2. The Morgan fingerprint density at radius 2 is 1.81 bits per heavy atom. The van der Waals surface area contributed by atoms with Gasteiger partial charge >= 0.3 is 5.97 Å². The molecule has 6 nitrogen and oxygen atoms in total. The van der Waals surface area contributed by atoms with Gasteiger partial charge in [-0.3, -0.25) is 4.79 Å². The topological polar surface area (TPSA) is 67.9 Å². The lowest BCUT2D eigenvalue weighted by Gasteiger charge is -2.15. The predicted molar refractivity (Wildman–Crippen MR) is 102 cm³/mol. The first kappa shape index (κ1) is 19.3. The number of ether oxygens (including phenoxy) is 2. The zero-order valence-corrected chi connectivity index (χ0v) is 15.5. The smallest absolute Gasteiger partial charge is 0.347 e. The third-order valence-corrected chi connectivity index (χ3v) is 3.65. The summed E-state index contributed by atoms with van der Waals surface area (Å²) in [4.78, 5) is 25.9. The van der Waals surface area contributed by atoms with Crippen LogP contribution in [0.2, 0.25) is 0 Å². The molecule has 0 aromatic heterocycles. The standard InChI is InChI=1S/C20H24N2O4/c1-14-6-5-7-18(12-14)26-15(2)20(24)25-13-19(23)21-16-8-10-17(11-9-16)22(3)4/h5-12,15H,13H2,1-4H3,(H,21,23)/t15-/m0/s1. The van der Waals surface area contributed by atoms with Crippen LogP contribution < -0.4 is 15.0 Å². The molecule has 0 saturated heterocycles. The second-order valence-electron chi connectivity index (χ2n) is 6.17. The third-order valence-electron chi connectivity index (χ3n) is 3.65. The van der Waals surface area contributed by atoms with E-state index in [9.17, 15) is 9.59 Å². The van der Waals surface area contributed by atoms with E-state index in [0.29, 0.717) is 11.4 Å². The van der Waals surface area contributed by atoms with Crippen molar-refractivity contribution < 1.29 is 19.1 Å². The Labute approximate surface area is 153 Å². The van der Waals surface area contributed by atoms with Crippen molar-refractivity contribution in [2.45, 2.75) is 20.0 Å². The SMILES string of the molecule is Cc1cccc(O[C@@H](C)C(=O)OCC(=O)Nc2ccc(N(C)C)cc2)c1. The van der Waals surface area contributed by atoms with E-state index in [-0.39, 0.29) is 6.61 Å². The highest BCUT2D eigenvalue weighted by atomic mass is 16.6. The van der Waals surface area contributed by atoms with Crippen LogP contribution >= 0.6 is 0 Å². The highest BCUT2D eigenvalue weighted by Gasteiger charge is 2.18. The monoisotopic (exact) mass is 356 g/mol. The highest BCUT2D eigenvalue weighted by molar-refractivity contribution is 5.93. The van der Waals surface area contributed by atoms with Gasteiger partial charge in [0.2, 0.25) is 0 Å². The number of nitrogens with one attached hydrogen (secondary N) is 1. The first-order valence-corrected chi connectivity index (χ1v) is 8.32. The molecular formula is C20H24N2O4. The van der Waals surface area contributed by atoms with E-state index in [4.69, 9.17) is 9.47 Å². The molecule has 0 spiro atoms. The van der Waals surface area contributed by atoms with Crippen LogP contribution in [0.3, 0.4) is 0 Å². The van der Waals surface area contributed by atoms with Gasteiger partial charge in [-0.1, -0.05) is 12.1 Å². The van der Waals surface area contributed by atoms with E-state index in [0.717, 1.165) is 11.3 Å². The molecule has 1 N–H and O–H groups in total. The second-order valence-corrected chi connectivity index (χ2v) is 6.17. The number of amides is 1. The molecule has 6 heteroatoms. The van der Waals surface area contributed by atoms with Crippen LogP contribution in [0.25, 0.3) is 0 Å². The van der Waals surface area contributed by atoms with E-state index >= 15 is 0 Å². The van der Waals surface area contributed by atoms with Crippen LogP contribution in [0.5, 0.6) is 5.75 Å². The van der Waals surface area contributed by atoms with Crippen molar-refractivity contribution in [2.75, 3.05) is 30.9 Å². The number of carbonyl (C=O) groups is 2. The Morgan fingerprint density at radius 1 is 1.12 bits per heavy atom. The summed E-state index contributed by atoms with van der Waals surface area (Å²) >= 11 is 0. The molecule has 0 aliphatic heterocycles. The number of esters is 1. The molecule has 26 heavy (non-hydrogen) atoms. The Hall–Kier alpha value is -3.02. The Bertz CT molecular complexity index is 757. The van der Waals surface area contributed by atoms with Gasteiger partial charge in [0.1, 0.15) is 5.75 Å². The minimum absolute atomic E-state index is 0.365. The number of hydrogen-bond donors (Lipinski definition) is 1. The molecule has 0 heterocycles. The first-order valence-electron chi connectivity index (χ1n) is 8.32. The lowest BCUT2D eigenvalue weighted by atomic mass is 10.2. The number of anilines is 2. The van der Waals surface area contributed by atoms with Crippen molar-refractivity contribution in [1.82, 2.24) is 0 Å². The number of hydrogen-bond acceptors (Lipinski definition) is 5. The minimum Gasteiger partial charge on any atom is -0.479 e. The van der Waals surface area contributed by atoms with Crippen molar-refractivity contribution in [3.8, 4) is 5.75 Å². The normalized spacial score (nSPS) is 11.4. The summed E-state index contributed by atoms with van der Waals surface area (Å²) in [5.41, 5.74) is 2.69. The molecule has 1 atom stereocenters. The van der Waals surface area contributed by atoms with Gasteiger partial charge in [-0.05, 0) is 55.8 Å². The molecule has 2 aromatic rings. The molecule has 0 fully saturated rings. The molecule has 1 amide bonds. The molecule has 2 rings (SSSR count). The molecule has 138 valence electrons. The average Bonchev–Trinajstić information content (AvgIpc) is 2.60. The Kier molecular flexibility index (Phi) is 6.60. The van der Waals surface area contributed by atoms with Crippen molar-refractivity contribution >= 4 is 23.3 Å². The summed E-state index contributed by atoms with van der Waals surface area (Å²) in [6, 6.07) is 14.7. The molecule has 0 bridgehead atoms. The van der Waals surface area contributed by atoms with Crippen molar-refractivity contribution in [2.24, 2.45) is 0 Å². The van der Waals surface area contributed by atoms with Gasteiger partial charge in [0.05, 0.1) is 0 Å². The lowest BCUT2D eigenvalue weighted by Crippen LogP contribution is -2.29. The summed E-state index contributed by atoms with van der Waals surface area (Å²) < 4.78 is 10.6. The molecule has 0 saturated carbocycles. The highest BCUT2D eigenvalue weighted by Crippen LogP contribution is 2.16. The van der Waals surface area contributed by atoms with Gasteiger partial charge in [-0.2, -0.15) is 0 Å². The van der Waals surface area contributed by atoms with Crippen LogP contribution in [-0.4, -0.2) is 38.7 Å².